The monoisotopic (exact) mass is 377 g/mol. The first-order valence-electron chi connectivity index (χ1n) is 9.53. The Kier molecular flexibility index (Phi) is 5.40. The summed E-state index contributed by atoms with van der Waals surface area (Å²) in [6.45, 7) is 3.65. The SMILES string of the molecule is COC(=O)c1ccc2c(c1)[nH]c1ncnc(NCC#CCN3CCCCC3)c12. The van der Waals surface area contributed by atoms with E-state index in [2.05, 4.69) is 37.0 Å². The smallest absolute Gasteiger partial charge is 0.337 e. The van der Waals surface area contributed by atoms with Crippen LogP contribution in [0.1, 0.15) is 29.6 Å². The van der Waals surface area contributed by atoms with Crippen LogP contribution in [0.2, 0.25) is 0 Å². The molecule has 1 saturated heterocycles. The summed E-state index contributed by atoms with van der Waals surface area (Å²) in [6, 6.07) is 5.40. The number of rotatable bonds is 4. The van der Waals surface area contributed by atoms with Crippen LogP contribution in [0.15, 0.2) is 24.5 Å². The molecule has 7 heteroatoms. The van der Waals surface area contributed by atoms with Crippen LogP contribution in [0, 0.1) is 11.8 Å². The number of hydrogen-bond acceptors (Lipinski definition) is 6. The summed E-state index contributed by atoms with van der Waals surface area (Å²) >= 11 is 0. The second-order valence-corrected chi connectivity index (χ2v) is 6.87. The summed E-state index contributed by atoms with van der Waals surface area (Å²) in [5.41, 5.74) is 2.03. The zero-order valence-corrected chi connectivity index (χ0v) is 15.9. The molecular weight excluding hydrogens is 354 g/mol. The van der Waals surface area contributed by atoms with Gasteiger partial charge >= 0.3 is 5.97 Å². The number of aromatic nitrogens is 3. The number of H-pyrrole nitrogens is 1. The number of benzene rings is 1. The maximum absolute atomic E-state index is 11.8. The van der Waals surface area contributed by atoms with E-state index in [1.165, 1.54) is 32.7 Å². The zero-order valence-electron chi connectivity index (χ0n) is 15.9. The second kappa shape index (κ2) is 8.28. The van der Waals surface area contributed by atoms with Crippen molar-refractivity contribution in [3.05, 3.63) is 30.1 Å². The van der Waals surface area contributed by atoms with Crippen LogP contribution in [0.4, 0.5) is 5.82 Å². The number of fused-ring (bicyclic) bond motifs is 3. The fourth-order valence-electron chi connectivity index (χ4n) is 3.58. The number of likely N-dealkylation sites (tertiary alicyclic amines) is 1. The van der Waals surface area contributed by atoms with Crippen molar-refractivity contribution in [2.75, 3.05) is 38.6 Å². The first-order valence-corrected chi connectivity index (χ1v) is 9.53. The number of anilines is 1. The normalized spacial score (nSPS) is 14.6. The average molecular weight is 377 g/mol. The van der Waals surface area contributed by atoms with E-state index in [9.17, 15) is 4.79 Å². The van der Waals surface area contributed by atoms with Crippen molar-refractivity contribution < 1.29 is 9.53 Å². The van der Waals surface area contributed by atoms with Crippen LogP contribution in [0.25, 0.3) is 21.9 Å². The van der Waals surface area contributed by atoms with Crippen LogP contribution >= 0.6 is 0 Å². The van der Waals surface area contributed by atoms with Gasteiger partial charge in [-0.2, -0.15) is 0 Å². The molecule has 0 amide bonds. The highest BCUT2D eigenvalue weighted by atomic mass is 16.5. The zero-order chi connectivity index (χ0) is 19.3. The van der Waals surface area contributed by atoms with Crippen LogP contribution < -0.4 is 5.32 Å². The first-order chi connectivity index (χ1) is 13.8. The van der Waals surface area contributed by atoms with Gasteiger partial charge < -0.3 is 15.0 Å². The van der Waals surface area contributed by atoms with E-state index in [1.807, 2.05) is 6.07 Å². The van der Waals surface area contributed by atoms with E-state index < -0.39 is 0 Å². The average Bonchev–Trinajstić information content (AvgIpc) is 3.12. The lowest BCUT2D eigenvalue weighted by Crippen LogP contribution is -2.29. The van der Waals surface area contributed by atoms with Gasteiger partial charge in [0.1, 0.15) is 17.8 Å². The summed E-state index contributed by atoms with van der Waals surface area (Å²) in [7, 11) is 1.37. The van der Waals surface area contributed by atoms with Crippen molar-refractivity contribution in [1.82, 2.24) is 19.9 Å². The summed E-state index contributed by atoms with van der Waals surface area (Å²) in [6.07, 6.45) is 5.40. The quantitative estimate of drug-likeness (QED) is 0.537. The van der Waals surface area contributed by atoms with Gasteiger partial charge in [-0.05, 0) is 38.1 Å². The van der Waals surface area contributed by atoms with Gasteiger partial charge in [0, 0.05) is 10.9 Å². The number of hydrogen-bond donors (Lipinski definition) is 2. The largest absolute Gasteiger partial charge is 0.465 e. The van der Waals surface area contributed by atoms with Gasteiger partial charge in [-0.3, -0.25) is 4.90 Å². The number of esters is 1. The Morgan fingerprint density at radius 3 is 2.93 bits per heavy atom. The van der Waals surface area contributed by atoms with Gasteiger partial charge in [0.2, 0.25) is 0 Å². The third-order valence-corrected chi connectivity index (χ3v) is 5.03. The number of ether oxygens (including phenoxy) is 1. The van der Waals surface area contributed by atoms with E-state index in [4.69, 9.17) is 4.74 Å². The molecule has 1 aromatic carbocycles. The van der Waals surface area contributed by atoms with Crippen LogP contribution in [0.5, 0.6) is 0 Å². The molecule has 7 nitrogen and oxygen atoms in total. The molecule has 0 saturated carbocycles. The van der Waals surface area contributed by atoms with Crippen LogP contribution in [-0.4, -0.2) is 59.1 Å². The Bertz CT molecular complexity index is 1060. The molecule has 0 bridgehead atoms. The molecule has 144 valence electrons. The molecule has 3 heterocycles. The van der Waals surface area contributed by atoms with Crippen molar-refractivity contribution in [2.45, 2.75) is 19.3 Å². The maximum atomic E-state index is 11.8. The van der Waals surface area contributed by atoms with E-state index in [1.54, 1.807) is 12.1 Å². The van der Waals surface area contributed by atoms with Crippen molar-refractivity contribution in [2.24, 2.45) is 0 Å². The van der Waals surface area contributed by atoms with Gasteiger partial charge in [-0.1, -0.05) is 24.3 Å². The minimum absolute atomic E-state index is 0.367. The molecule has 4 rings (SSSR count). The first kappa shape index (κ1) is 18.3. The topological polar surface area (TPSA) is 83.1 Å². The van der Waals surface area contributed by atoms with Gasteiger partial charge in [0.15, 0.2) is 0 Å². The van der Waals surface area contributed by atoms with Crippen molar-refractivity contribution in [3.63, 3.8) is 0 Å². The van der Waals surface area contributed by atoms with Gasteiger partial charge in [-0.25, -0.2) is 14.8 Å². The maximum Gasteiger partial charge on any atom is 0.337 e. The third-order valence-electron chi connectivity index (χ3n) is 5.03. The van der Waals surface area contributed by atoms with Crippen molar-refractivity contribution in [3.8, 4) is 11.8 Å². The molecule has 2 N–H and O–H groups in total. The standard InChI is InChI=1S/C21H23N5O2/c1-28-21(27)15-7-8-16-17(13-15)25-20-18(16)19(23-14-24-20)22-9-3-6-12-26-10-4-2-5-11-26/h7-8,13-14H,2,4-5,9-12H2,1H3,(H2,22,23,24,25). The van der Waals surface area contributed by atoms with Gasteiger partial charge in [-0.15, -0.1) is 0 Å². The minimum Gasteiger partial charge on any atom is -0.465 e. The third kappa shape index (κ3) is 3.78. The molecule has 28 heavy (non-hydrogen) atoms. The number of aromatic amines is 1. The number of methoxy groups -OCH3 is 1. The Morgan fingerprint density at radius 2 is 2.11 bits per heavy atom. The van der Waals surface area contributed by atoms with E-state index in [0.29, 0.717) is 12.1 Å². The summed E-state index contributed by atoms with van der Waals surface area (Å²) in [5.74, 6) is 6.79. The highest BCUT2D eigenvalue weighted by molar-refractivity contribution is 6.12. The van der Waals surface area contributed by atoms with Gasteiger partial charge in [0.25, 0.3) is 0 Å². The molecule has 0 radical (unpaired) electrons. The number of carbonyl (C=O) groups excluding carboxylic acids is 1. The van der Waals surface area contributed by atoms with Crippen molar-refractivity contribution >= 4 is 33.7 Å². The van der Waals surface area contributed by atoms with E-state index >= 15 is 0 Å². The van der Waals surface area contributed by atoms with Crippen LogP contribution in [0.3, 0.4) is 0 Å². The molecule has 1 fully saturated rings. The fourth-order valence-corrected chi connectivity index (χ4v) is 3.58. The fraction of sp³-hybridized carbons (Fsp3) is 0.381. The Balaban J connectivity index is 1.51. The predicted molar refractivity (Wildman–Crippen MR) is 109 cm³/mol. The molecule has 0 atom stereocenters. The summed E-state index contributed by atoms with van der Waals surface area (Å²) in [4.78, 5) is 26.1. The lowest BCUT2D eigenvalue weighted by molar-refractivity contribution is 0.0601. The number of nitrogens with one attached hydrogen (secondary N) is 2. The van der Waals surface area contributed by atoms with Gasteiger partial charge in [0.05, 0.1) is 31.1 Å². The van der Waals surface area contributed by atoms with E-state index in [0.717, 1.165) is 47.4 Å². The van der Waals surface area contributed by atoms with Crippen molar-refractivity contribution in [1.29, 1.82) is 0 Å². The Hall–Kier alpha value is -3.11. The molecule has 0 aliphatic carbocycles. The molecule has 1 aliphatic heterocycles. The van der Waals surface area contributed by atoms with Crippen LogP contribution in [-0.2, 0) is 4.74 Å². The summed E-state index contributed by atoms with van der Waals surface area (Å²) < 4.78 is 4.79. The Labute approximate surface area is 163 Å². The molecular formula is C21H23N5O2. The summed E-state index contributed by atoms with van der Waals surface area (Å²) in [5, 5.41) is 5.14. The predicted octanol–water partition coefficient (Wildman–Crippen LogP) is 2.80. The lowest BCUT2D eigenvalue weighted by atomic mass is 10.1. The molecule has 0 spiro atoms. The lowest BCUT2D eigenvalue weighted by Gasteiger charge is -2.23. The molecule has 2 aromatic heterocycles. The van der Waals surface area contributed by atoms with E-state index in [-0.39, 0.29) is 5.97 Å². The molecule has 0 unspecified atom stereocenters. The molecule has 3 aromatic rings. The highest BCUT2D eigenvalue weighted by Gasteiger charge is 2.13. The highest BCUT2D eigenvalue weighted by Crippen LogP contribution is 2.29. The number of carbonyl (C=O) groups is 1. The number of piperidine rings is 1. The minimum atomic E-state index is -0.367. The molecule has 1 aliphatic rings. The Morgan fingerprint density at radius 1 is 1.25 bits per heavy atom. The second-order valence-electron chi connectivity index (χ2n) is 6.87. The number of nitrogens with zero attached hydrogens (tertiary/aromatic N) is 3.